The quantitative estimate of drug-likeness (QED) is 0.586. The number of rotatable bonds is 4. The number of hydrogen-bond donors (Lipinski definition) is 1. The molecule has 110 valence electrons. The van der Waals surface area contributed by atoms with Crippen LogP contribution in [0.3, 0.4) is 0 Å². The van der Waals surface area contributed by atoms with E-state index in [0.717, 1.165) is 29.0 Å². The zero-order chi connectivity index (χ0) is 14.5. The molecule has 1 nitrogen and oxygen atoms in total. The summed E-state index contributed by atoms with van der Waals surface area (Å²) in [5, 5.41) is 3.44. The Morgan fingerprint density at radius 1 is 0.947 bits per heavy atom. The van der Waals surface area contributed by atoms with Crippen molar-refractivity contribution in [1.82, 2.24) is 5.32 Å². The topological polar surface area (TPSA) is 12.0 Å². The van der Waals surface area contributed by atoms with Gasteiger partial charge in [-0.05, 0) is 48.5 Å². The van der Waals surface area contributed by atoms with Crippen LogP contribution in [-0.4, -0.2) is 21.2 Å². The molecule has 0 spiro atoms. The second-order valence-corrected chi connectivity index (χ2v) is 12.7. The molecule has 0 unspecified atom stereocenters. The van der Waals surface area contributed by atoms with E-state index in [1.807, 2.05) is 0 Å². The van der Waals surface area contributed by atoms with Gasteiger partial charge < -0.3 is 5.32 Å². The smallest absolute Gasteiger partial charge is 0.145 e. The van der Waals surface area contributed by atoms with Crippen LogP contribution in [0, 0.1) is 17.4 Å². The third-order valence-corrected chi connectivity index (χ3v) is 11.4. The third-order valence-electron chi connectivity index (χ3n) is 5.02. The lowest BCUT2D eigenvalue weighted by atomic mass is 9.95. The summed E-state index contributed by atoms with van der Waals surface area (Å²) in [6.07, 6.45) is 3.76. The molecule has 1 heterocycles. The highest BCUT2D eigenvalue weighted by Crippen LogP contribution is 2.40. The van der Waals surface area contributed by atoms with Crippen LogP contribution in [0.4, 0.5) is 0 Å². The lowest BCUT2D eigenvalue weighted by molar-refractivity contribution is 0.381. The van der Waals surface area contributed by atoms with E-state index >= 15 is 0 Å². The zero-order valence-electron chi connectivity index (χ0n) is 13.8. The molecule has 0 atom stereocenters. The Bertz CT molecular complexity index is 294. The number of piperidine rings is 1. The molecular weight excluding hydrogens is 246 g/mol. The Balaban J connectivity index is 2.77. The van der Waals surface area contributed by atoms with Gasteiger partial charge >= 0.3 is 0 Å². The van der Waals surface area contributed by atoms with E-state index < -0.39 is 8.07 Å². The van der Waals surface area contributed by atoms with Crippen LogP contribution in [-0.2, 0) is 0 Å². The highest BCUT2D eigenvalue weighted by atomic mass is 28.3. The summed E-state index contributed by atoms with van der Waals surface area (Å²) < 4.78 is 0. The van der Waals surface area contributed by atoms with E-state index in [1.165, 1.54) is 25.9 Å². The van der Waals surface area contributed by atoms with Crippen molar-refractivity contribution in [2.45, 2.75) is 77.4 Å². The Hall–Kier alpha value is -0.263. The molecule has 2 heteroatoms. The molecule has 1 saturated heterocycles. The Morgan fingerprint density at radius 2 is 1.42 bits per heavy atom. The largest absolute Gasteiger partial charge is 0.317 e. The second kappa shape index (κ2) is 7.50. The minimum atomic E-state index is -1.49. The summed E-state index contributed by atoms with van der Waals surface area (Å²) in [6, 6.07) is 0. The molecule has 0 amide bonds. The van der Waals surface area contributed by atoms with Gasteiger partial charge in [0.05, 0.1) is 0 Å². The minimum Gasteiger partial charge on any atom is -0.317 e. The van der Waals surface area contributed by atoms with Crippen molar-refractivity contribution in [3.8, 4) is 11.5 Å². The van der Waals surface area contributed by atoms with Crippen molar-refractivity contribution in [1.29, 1.82) is 0 Å². The molecule has 1 N–H and O–H groups in total. The predicted octanol–water partition coefficient (Wildman–Crippen LogP) is 4.60. The van der Waals surface area contributed by atoms with Gasteiger partial charge in [0.25, 0.3) is 0 Å². The van der Waals surface area contributed by atoms with Crippen LogP contribution in [0.15, 0.2) is 0 Å². The van der Waals surface area contributed by atoms with E-state index in [-0.39, 0.29) is 0 Å². The van der Waals surface area contributed by atoms with E-state index in [2.05, 4.69) is 58.3 Å². The molecule has 0 aromatic carbocycles. The number of hydrogen-bond acceptors (Lipinski definition) is 1. The van der Waals surface area contributed by atoms with Crippen molar-refractivity contribution in [3.63, 3.8) is 0 Å². The first-order valence-electron chi connectivity index (χ1n) is 8.12. The van der Waals surface area contributed by atoms with Crippen LogP contribution in [0.5, 0.6) is 0 Å². The van der Waals surface area contributed by atoms with E-state index in [9.17, 15) is 0 Å². The lowest BCUT2D eigenvalue weighted by Crippen LogP contribution is -2.43. The van der Waals surface area contributed by atoms with Crippen molar-refractivity contribution in [3.05, 3.63) is 0 Å². The molecule has 1 fully saturated rings. The van der Waals surface area contributed by atoms with Crippen LogP contribution in [0.2, 0.25) is 16.6 Å². The van der Waals surface area contributed by atoms with Crippen molar-refractivity contribution in [2.75, 3.05) is 13.1 Å². The lowest BCUT2D eigenvalue weighted by Gasteiger charge is -2.38. The average molecular weight is 280 g/mol. The molecule has 0 aromatic heterocycles. The van der Waals surface area contributed by atoms with Crippen LogP contribution < -0.4 is 5.32 Å². The van der Waals surface area contributed by atoms with Gasteiger partial charge in [0.15, 0.2) is 0 Å². The molecule has 19 heavy (non-hydrogen) atoms. The average Bonchev–Trinajstić information content (AvgIpc) is 2.34. The van der Waals surface area contributed by atoms with Crippen molar-refractivity contribution < 1.29 is 0 Å². The Morgan fingerprint density at radius 3 is 1.84 bits per heavy atom. The molecule has 0 radical (unpaired) electrons. The zero-order valence-corrected chi connectivity index (χ0v) is 14.8. The second-order valence-electron chi connectivity index (χ2n) is 7.10. The fourth-order valence-electron chi connectivity index (χ4n) is 3.87. The van der Waals surface area contributed by atoms with E-state index in [0.29, 0.717) is 0 Å². The molecule has 0 aliphatic carbocycles. The molecule has 0 bridgehead atoms. The maximum atomic E-state index is 3.85. The summed E-state index contributed by atoms with van der Waals surface area (Å²) in [6.45, 7) is 16.7. The maximum absolute atomic E-state index is 3.85. The molecule has 0 aromatic rings. The van der Waals surface area contributed by atoms with Gasteiger partial charge in [-0.15, -0.1) is 11.5 Å². The minimum absolute atomic E-state index is 0.757. The Labute approximate surface area is 122 Å². The van der Waals surface area contributed by atoms with Crippen LogP contribution >= 0.6 is 0 Å². The molecule has 1 aliphatic heterocycles. The van der Waals surface area contributed by atoms with Gasteiger partial charge in [-0.1, -0.05) is 41.5 Å². The van der Waals surface area contributed by atoms with Crippen molar-refractivity contribution in [2.24, 2.45) is 5.92 Å². The summed E-state index contributed by atoms with van der Waals surface area (Å²) >= 11 is 0. The fraction of sp³-hybridized carbons (Fsp3) is 0.882. The highest BCUT2D eigenvalue weighted by molar-refractivity contribution is 6.90. The monoisotopic (exact) mass is 279 g/mol. The van der Waals surface area contributed by atoms with Crippen LogP contribution in [0.1, 0.15) is 60.8 Å². The Kier molecular flexibility index (Phi) is 6.63. The van der Waals surface area contributed by atoms with Gasteiger partial charge in [0.1, 0.15) is 8.07 Å². The molecule has 1 rings (SSSR count). The predicted molar refractivity (Wildman–Crippen MR) is 89.0 cm³/mol. The first kappa shape index (κ1) is 16.8. The standard InChI is InChI=1S/C17H33NSi/c1-14(2)19(15(3)4,16(5)6)13-7-8-17-9-11-18-12-10-17/h14-18H,8-12H2,1-6H3. The first-order chi connectivity index (χ1) is 8.91. The first-order valence-corrected chi connectivity index (χ1v) is 10.3. The molecule has 0 saturated carbocycles. The van der Waals surface area contributed by atoms with E-state index in [4.69, 9.17) is 0 Å². The summed E-state index contributed by atoms with van der Waals surface area (Å²) in [4.78, 5) is 0. The van der Waals surface area contributed by atoms with Gasteiger partial charge in [0, 0.05) is 6.42 Å². The van der Waals surface area contributed by atoms with Gasteiger partial charge in [0.2, 0.25) is 0 Å². The normalized spacial score (nSPS) is 17.9. The van der Waals surface area contributed by atoms with Crippen molar-refractivity contribution >= 4 is 8.07 Å². The summed E-state index contributed by atoms with van der Waals surface area (Å²) in [7, 11) is -1.49. The third kappa shape index (κ3) is 4.10. The van der Waals surface area contributed by atoms with Gasteiger partial charge in [-0.3, -0.25) is 0 Å². The number of nitrogens with one attached hydrogen (secondary N) is 1. The molecular formula is C17H33NSi. The maximum Gasteiger partial charge on any atom is 0.145 e. The van der Waals surface area contributed by atoms with Crippen LogP contribution in [0.25, 0.3) is 0 Å². The van der Waals surface area contributed by atoms with E-state index in [1.54, 1.807) is 0 Å². The highest BCUT2D eigenvalue weighted by Gasteiger charge is 2.41. The van der Waals surface area contributed by atoms with Gasteiger partial charge in [-0.2, -0.15) is 0 Å². The van der Waals surface area contributed by atoms with Gasteiger partial charge in [-0.25, -0.2) is 0 Å². The summed E-state index contributed by atoms with van der Waals surface area (Å²) in [5.41, 5.74) is 6.12. The molecule has 1 aliphatic rings. The summed E-state index contributed by atoms with van der Waals surface area (Å²) in [5.74, 6) is 4.46. The SMILES string of the molecule is CC(C)[Si](C#CCC1CCNCC1)(C(C)C)C(C)C. The fourth-order valence-corrected chi connectivity index (χ4v) is 9.14.